The highest BCUT2D eigenvalue weighted by molar-refractivity contribution is 4.61. The Bertz CT molecular complexity index is 126. The summed E-state index contributed by atoms with van der Waals surface area (Å²) in [7, 11) is 6.41. The zero-order chi connectivity index (χ0) is 11.0. The maximum atomic E-state index is 3.50. The van der Waals surface area contributed by atoms with Gasteiger partial charge < -0.3 is 15.1 Å². The number of nitrogens with zero attached hydrogens (tertiary/aromatic N) is 2. The van der Waals surface area contributed by atoms with Crippen molar-refractivity contribution in [3.05, 3.63) is 0 Å². The Morgan fingerprint density at radius 1 is 1.07 bits per heavy atom. The van der Waals surface area contributed by atoms with Crippen molar-refractivity contribution in [2.75, 3.05) is 47.3 Å². The van der Waals surface area contributed by atoms with E-state index < -0.39 is 0 Å². The van der Waals surface area contributed by atoms with Crippen LogP contribution in [0.15, 0.2) is 0 Å². The van der Waals surface area contributed by atoms with E-state index in [9.17, 15) is 0 Å². The van der Waals surface area contributed by atoms with Gasteiger partial charge in [0.2, 0.25) is 0 Å². The van der Waals surface area contributed by atoms with E-state index >= 15 is 0 Å². The molecule has 0 saturated heterocycles. The van der Waals surface area contributed by atoms with Gasteiger partial charge in [-0.3, -0.25) is 0 Å². The summed E-state index contributed by atoms with van der Waals surface area (Å²) in [5.74, 6) is 0. The van der Waals surface area contributed by atoms with Crippen LogP contribution in [0, 0.1) is 0 Å². The summed E-state index contributed by atoms with van der Waals surface area (Å²) in [4.78, 5) is 4.59. The first-order valence-corrected chi connectivity index (χ1v) is 5.63. The topological polar surface area (TPSA) is 18.5 Å². The highest BCUT2D eigenvalue weighted by Gasteiger charge is 2.00. The SMILES string of the molecule is CCC(C)NCCN(C)CCN(C)C. The average Bonchev–Trinajstić information content (AvgIpc) is 2.14. The van der Waals surface area contributed by atoms with E-state index in [4.69, 9.17) is 0 Å². The van der Waals surface area contributed by atoms with Gasteiger partial charge in [0, 0.05) is 32.2 Å². The third-order valence-electron chi connectivity index (χ3n) is 2.53. The molecule has 14 heavy (non-hydrogen) atoms. The molecule has 0 amide bonds. The summed E-state index contributed by atoms with van der Waals surface area (Å²) in [5.41, 5.74) is 0. The van der Waals surface area contributed by atoms with Crippen molar-refractivity contribution in [2.45, 2.75) is 26.3 Å². The Kier molecular flexibility index (Phi) is 8.14. The first-order valence-electron chi connectivity index (χ1n) is 5.63. The predicted molar refractivity (Wildman–Crippen MR) is 63.8 cm³/mol. The van der Waals surface area contributed by atoms with Crippen LogP contribution >= 0.6 is 0 Å². The van der Waals surface area contributed by atoms with Crippen LogP contribution in [-0.4, -0.2) is 63.2 Å². The summed E-state index contributed by atoms with van der Waals surface area (Å²) in [5, 5.41) is 3.50. The van der Waals surface area contributed by atoms with Crippen molar-refractivity contribution < 1.29 is 0 Å². The second-order valence-electron chi connectivity index (χ2n) is 4.37. The molecule has 0 aromatic heterocycles. The van der Waals surface area contributed by atoms with Gasteiger partial charge in [-0.05, 0) is 34.5 Å². The van der Waals surface area contributed by atoms with E-state index in [0.717, 1.165) is 26.2 Å². The first-order chi connectivity index (χ1) is 6.56. The molecule has 1 unspecified atom stereocenters. The molecule has 0 bridgehead atoms. The number of hydrogen-bond acceptors (Lipinski definition) is 3. The highest BCUT2D eigenvalue weighted by Crippen LogP contribution is 1.88. The number of likely N-dealkylation sites (N-methyl/N-ethyl adjacent to an activating group) is 2. The Labute approximate surface area is 89.5 Å². The lowest BCUT2D eigenvalue weighted by atomic mass is 10.2. The molecule has 0 heterocycles. The minimum absolute atomic E-state index is 0.650. The summed E-state index contributed by atoms with van der Waals surface area (Å²) in [6, 6.07) is 0.650. The highest BCUT2D eigenvalue weighted by atomic mass is 15.2. The molecule has 3 nitrogen and oxygen atoms in total. The monoisotopic (exact) mass is 201 g/mol. The fourth-order valence-corrected chi connectivity index (χ4v) is 1.13. The Morgan fingerprint density at radius 2 is 1.71 bits per heavy atom. The minimum atomic E-state index is 0.650. The Hall–Kier alpha value is -0.120. The zero-order valence-electron chi connectivity index (χ0n) is 10.5. The maximum absolute atomic E-state index is 3.50. The third-order valence-corrected chi connectivity index (χ3v) is 2.53. The average molecular weight is 201 g/mol. The van der Waals surface area contributed by atoms with Crippen LogP contribution in [0.1, 0.15) is 20.3 Å². The molecular weight excluding hydrogens is 174 g/mol. The van der Waals surface area contributed by atoms with Gasteiger partial charge >= 0.3 is 0 Å². The van der Waals surface area contributed by atoms with Crippen molar-refractivity contribution in [1.82, 2.24) is 15.1 Å². The Morgan fingerprint density at radius 3 is 2.21 bits per heavy atom. The molecule has 0 saturated carbocycles. The molecule has 0 spiro atoms. The molecule has 86 valence electrons. The molecule has 0 aliphatic heterocycles. The predicted octanol–water partition coefficient (Wildman–Crippen LogP) is 0.868. The van der Waals surface area contributed by atoms with E-state index in [0.29, 0.717) is 6.04 Å². The molecule has 0 radical (unpaired) electrons. The van der Waals surface area contributed by atoms with Crippen LogP contribution in [0.4, 0.5) is 0 Å². The molecule has 3 heteroatoms. The van der Waals surface area contributed by atoms with Gasteiger partial charge in [-0.2, -0.15) is 0 Å². The van der Waals surface area contributed by atoms with Crippen LogP contribution in [0.3, 0.4) is 0 Å². The van der Waals surface area contributed by atoms with Crippen LogP contribution in [-0.2, 0) is 0 Å². The second kappa shape index (κ2) is 8.21. The largest absolute Gasteiger partial charge is 0.313 e. The van der Waals surface area contributed by atoms with E-state index in [1.807, 2.05) is 0 Å². The molecule has 0 aliphatic carbocycles. The van der Waals surface area contributed by atoms with E-state index in [1.54, 1.807) is 0 Å². The molecule has 0 aromatic carbocycles. The standard InChI is InChI=1S/C11H27N3/c1-6-11(2)12-7-8-14(5)10-9-13(3)4/h11-12H,6-10H2,1-5H3. The zero-order valence-corrected chi connectivity index (χ0v) is 10.5. The van der Waals surface area contributed by atoms with Gasteiger partial charge in [-0.1, -0.05) is 6.92 Å². The van der Waals surface area contributed by atoms with E-state index in [2.05, 4.69) is 50.1 Å². The number of rotatable bonds is 8. The van der Waals surface area contributed by atoms with Gasteiger partial charge in [-0.25, -0.2) is 0 Å². The molecule has 0 rings (SSSR count). The van der Waals surface area contributed by atoms with Crippen LogP contribution < -0.4 is 5.32 Å². The normalized spacial score (nSPS) is 13.9. The van der Waals surface area contributed by atoms with Crippen LogP contribution in [0.2, 0.25) is 0 Å². The molecule has 1 N–H and O–H groups in total. The number of nitrogens with one attached hydrogen (secondary N) is 1. The van der Waals surface area contributed by atoms with Crippen molar-refractivity contribution in [1.29, 1.82) is 0 Å². The quantitative estimate of drug-likeness (QED) is 0.628. The smallest absolute Gasteiger partial charge is 0.0107 e. The van der Waals surface area contributed by atoms with Crippen LogP contribution in [0.5, 0.6) is 0 Å². The lowest BCUT2D eigenvalue weighted by Gasteiger charge is -2.20. The van der Waals surface area contributed by atoms with Gasteiger partial charge in [-0.15, -0.1) is 0 Å². The summed E-state index contributed by atoms with van der Waals surface area (Å²) in [6.45, 7) is 8.97. The van der Waals surface area contributed by atoms with Gasteiger partial charge in [0.25, 0.3) is 0 Å². The molecular formula is C11H27N3. The van der Waals surface area contributed by atoms with Crippen molar-refractivity contribution in [3.8, 4) is 0 Å². The fourth-order valence-electron chi connectivity index (χ4n) is 1.13. The van der Waals surface area contributed by atoms with Crippen molar-refractivity contribution >= 4 is 0 Å². The summed E-state index contributed by atoms with van der Waals surface area (Å²) < 4.78 is 0. The van der Waals surface area contributed by atoms with Gasteiger partial charge in [0.15, 0.2) is 0 Å². The lowest BCUT2D eigenvalue weighted by Crippen LogP contribution is -2.36. The van der Waals surface area contributed by atoms with E-state index in [1.165, 1.54) is 6.42 Å². The second-order valence-corrected chi connectivity index (χ2v) is 4.37. The molecule has 0 aliphatic rings. The maximum Gasteiger partial charge on any atom is 0.0107 e. The summed E-state index contributed by atoms with van der Waals surface area (Å²) in [6.07, 6.45) is 1.21. The molecule has 0 fully saturated rings. The van der Waals surface area contributed by atoms with Gasteiger partial charge in [0.05, 0.1) is 0 Å². The van der Waals surface area contributed by atoms with Crippen molar-refractivity contribution in [2.24, 2.45) is 0 Å². The number of hydrogen-bond donors (Lipinski definition) is 1. The minimum Gasteiger partial charge on any atom is -0.313 e. The van der Waals surface area contributed by atoms with Crippen LogP contribution in [0.25, 0.3) is 0 Å². The third kappa shape index (κ3) is 8.48. The van der Waals surface area contributed by atoms with Gasteiger partial charge in [0.1, 0.15) is 0 Å². The molecule has 1 atom stereocenters. The lowest BCUT2D eigenvalue weighted by molar-refractivity contribution is 0.278. The molecule has 0 aromatic rings. The van der Waals surface area contributed by atoms with E-state index in [-0.39, 0.29) is 0 Å². The Balaban J connectivity index is 3.30. The van der Waals surface area contributed by atoms with Crippen molar-refractivity contribution in [3.63, 3.8) is 0 Å². The summed E-state index contributed by atoms with van der Waals surface area (Å²) >= 11 is 0. The first kappa shape index (κ1) is 13.9. The fraction of sp³-hybridized carbons (Fsp3) is 1.00.